The number of fused-ring (bicyclic) bond motifs is 1. The SMILES string of the molecule is N/C(=C\N(N)[C@@H](CC(=O)NO)Cc1ccc2ccccc2c1)CNC(=O)c1ccc(F)c(Cl)c1. The van der Waals surface area contributed by atoms with Crippen molar-refractivity contribution in [3.8, 4) is 0 Å². The number of nitrogens with zero attached hydrogens (tertiary/aromatic N) is 1. The fourth-order valence-corrected chi connectivity index (χ4v) is 3.63. The minimum atomic E-state index is -0.624. The van der Waals surface area contributed by atoms with Crippen LogP contribution in [0.3, 0.4) is 0 Å². The summed E-state index contributed by atoms with van der Waals surface area (Å²) in [6.07, 6.45) is 1.72. The predicted molar refractivity (Wildman–Crippen MR) is 128 cm³/mol. The Morgan fingerprint density at radius 3 is 2.56 bits per heavy atom. The van der Waals surface area contributed by atoms with E-state index in [1.54, 1.807) is 5.48 Å². The summed E-state index contributed by atoms with van der Waals surface area (Å²) >= 11 is 5.71. The van der Waals surface area contributed by atoms with Crippen molar-refractivity contribution < 1.29 is 19.2 Å². The molecule has 0 spiro atoms. The Bertz CT molecular complexity index is 1220. The fourth-order valence-electron chi connectivity index (χ4n) is 3.44. The number of hydroxylamine groups is 1. The molecular weight excluding hydrogens is 461 g/mol. The summed E-state index contributed by atoms with van der Waals surface area (Å²) in [6, 6.07) is 16.9. The lowest BCUT2D eigenvalue weighted by Crippen LogP contribution is -2.42. The van der Waals surface area contributed by atoms with Crippen molar-refractivity contribution in [2.75, 3.05) is 6.54 Å². The molecule has 0 aromatic heterocycles. The first-order valence-electron chi connectivity index (χ1n) is 10.4. The number of nitrogens with two attached hydrogens (primary N) is 2. The Labute approximate surface area is 200 Å². The Balaban J connectivity index is 1.68. The van der Waals surface area contributed by atoms with Crippen LogP contribution in [0.2, 0.25) is 5.02 Å². The third kappa shape index (κ3) is 6.67. The normalized spacial score (nSPS) is 12.3. The van der Waals surface area contributed by atoms with Crippen molar-refractivity contribution in [3.05, 3.63) is 94.5 Å². The van der Waals surface area contributed by atoms with E-state index >= 15 is 0 Å². The maximum Gasteiger partial charge on any atom is 0.251 e. The monoisotopic (exact) mass is 485 g/mol. The lowest BCUT2D eigenvalue weighted by Gasteiger charge is -2.26. The lowest BCUT2D eigenvalue weighted by molar-refractivity contribution is -0.130. The molecule has 7 N–H and O–H groups in total. The van der Waals surface area contributed by atoms with Gasteiger partial charge in [-0.15, -0.1) is 0 Å². The number of hydrazine groups is 1. The zero-order valence-electron chi connectivity index (χ0n) is 18.2. The molecule has 3 aromatic carbocycles. The van der Waals surface area contributed by atoms with E-state index < -0.39 is 23.7 Å². The summed E-state index contributed by atoms with van der Waals surface area (Å²) in [5.74, 6) is 4.46. The maximum absolute atomic E-state index is 13.3. The summed E-state index contributed by atoms with van der Waals surface area (Å²) in [4.78, 5) is 24.1. The van der Waals surface area contributed by atoms with Crippen LogP contribution in [0, 0.1) is 5.82 Å². The maximum atomic E-state index is 13.3. The zero-order valence-corrected chi connectivity index (χ0v) is 18.9. The highest BCUT2D eigenvalue weighted by atomic mass is 35.5. The molecule has 34 heavy (non-hydrogen) atoms. The molecule has 0 saturated heterocycles. The van der Waals surface area contributed by atoms with Gasteiger partial charge in [0, 0.05) is 17.5 Å². The number of amides is 2. The van der Waals surface area contributed by atoms with Gasteiger partial charge in [0.15, 0.2) is 0 Å². The largest absolute Gasteiger partial charge is 0.399 e. The molecule has 10 heteroatoms. The van der Waals surface area contributed by atoms with Gasteiger partial charge in [0.25, 0.3) is 5.91 Å². The Kier molecular flexibility index (Phi) is 8.42. The van der Waals surface area contributed by atoms with Crippen LogP contribution >= 0.6 is 11.6 Å². The molecule has 0 bridgehead atoms. The Morgan fingerprint density at radius 1 is 1.12 bits per heavy atom. The third-order valence-electron chi connectivity index (χ3n) is 5.20. The van der Waals surface area contributed by atoms with Crippen LogP contribution < -0.4 is 22.4 Å². The lowest BCUT2D eigenvalue weighted by atomic mass is 9.99. The van der Waals surface area contributed by atoms with Gasteiger partial charge < -0.3 is 16.1 Å². The second-order valence-electron chi connectivity index (χ2n) is 7.74. The molecule has 0 radical (unpaired) electrons. The molecule has 0 fully saturated rings. The van der Waals surface area contributed by atoms with E-state index in [1.165, 1.54) is 23.3 Å². The molecule has 0 aliphatic carbocycles. The number of nitrogens with one attached hydrogen (secondary N) is 2. The number of hydrogen-bond donors (Lipinski definition) is 5. The highest BCUT2D eigenvalue weighted by Gasteiger charge is 2.19. The van der Waals surface area contributed by atoms with Gasteiger partial charge in [-0.2, -0.15) is 0 Å². The van der Waals surface area contributed by atoms with E-state index in [9.17, 15) is 14.0 Å². The topological polar surface area (TPSA) is 134 Å². The molecule has 2 amide bonds. The minimum Gasteiger partial charge on any atom is -0.399 e. The summed E-state index contributed by atoms with van der Waals surface area (Å²) in [7, 11) is 0. The Morgan fingerprint density at radius 2 is 1.85 bits per heavy atom. The van der Waals surface area contributed by atoms with Crippen LogP contribution in [0.4, 0.5) is 4.39 Å². The summed E-state index contributed by atoms with van der Waals surface area (Å²) < 4.78 is 13.3. The van der Waals surface area contributed by atoms with E-state index in [-0.39, 0.29) is 29.2 Å². The van der Waals surface area contributed by atoms with E-state index in [4.69, 9.17) is 28.4 Å². The smallest absolute Gasteiger partial charge is 0.251 e. The quantitative estimate of drug-likeness (QED) is 0.180. The van der Waals surface area contributed by atoms with Crippen LogP contribution in [-0.4, -0.2) is 34.6 Å². The molecular formula is C24H25ClFN5O3. The van der Waals surface area contributed by atoms with Gasteiger partial charge in [-0.05, 0) is 41.0 Å². The van der Waals surface area contributed by atoms with E-state index in [0.717, 1.165) is 22.4 Å². The highest BCUT2D eigenvalue weighted by Crippen LogP contribution is 2.19. The summed E-state index contributed by atoms with van der Waals surface area (Å²) in [5.41, 5.74) is 8.97. The highest BCUT2D eigenvalue weighted by molar-refractivity contribution is 6.31. The number of carbonyl (C=O) groups excluding carboxylic acids is 2. The third-order valence-corrected chi connectivity index (χ3v) is 5.49. The second kappa shape index (κ2) is 11.5. The van der Waals surface area contributed by atoms with Gasteiger partial charge in [0.2, 0.25) is 5.91 Å². The molecule has 178 valence electrons. The number of carbonyl (C=O) groups is 2. The predicted octanol–water partition coefficient (Wildman–Crippen LogP) is 2.84. The van der Waals surface area contributed by atoms with Crippen molar-refractivity contribution in [2.45, 2.75) is 18.9 Å². The first-order valence-corrected chi connectivity index (χ1v) is 10.8. The van der Waals surface area contributed by atoms with Gasteiger partial charge in [0.1, 0.15) is 5.82 Å². The van der Waals surface area contributed by atoms with Gasteiger partial charge in [-0.3, -0.25) is 14.8 Å². The molecule has 3 aromatic rings. The molecule has 0 heterocycles. The average molecular weight is 486 g/mol. The van der Waals surface area contributed by atoms with E-state index in [0.29, 0.717) is 6.42 Å². The number of hydrogen-bond acceptors (Lipinski definition) is 6. The fraction of sp³-hybridized carbons (Fsp3) is 0.167. The zero-order chi connectivity index (χ0) is 24.7. The number of benzene rings is 3. The second-order valence-corrected chi connectivity index (χ2v) is 8.15. The van der Waals surface area contributed by atoms with E-state index in [2.05, 4.69) is 5.32 Å². The van der Waals surface area contributed by atoms with Gasteiger partial charge >= 0.3 is 0 Å². The standard InChI is InChI=1S/C24H25ClFN5O3/c25-21-11-18(7-8-22(21)26)24(33)29-13-19(27)14-31(28)20(12-23(32)30-34)10-15-5-6-16-3-1-2-4-17(16)9-15/h1-9,11,14,20,34H,10,12-13,27-28H2,(H,29,33)(H,30,32)/b19-14-/t20-/m1/s1. The van der Waals surface area contributed by atoms with Crippen molar-refractivity contribution in [1.82, 2.24) is 15.8 Å². The van der Waals surface area contributed by atoms with Gasteiger partial charge in [-0.1, -0.05) is 54.1 Å². The van der Waals surface area contributed by atoms with Crippen molar-refractivity contribution >= 4 is 34.2 Å². The molecule has 1 atom stereocenters. The van der Waals surface area contributed by atoms with Crippen LogP contribution in [0.1, 0.15) is 22.3 Å². The molecule has 3 rings (SSSR count). The molecule has 8 nitrogen and oxygen atoms in total. The van der Waals surface area contributed by atoms with Crippen LogP contribution in [0.15, 0.2) is 72.6 Å². The van der Waals surface area contributed by atoms with Crippen molar-refractivity contribution in [1.29, 1.82) is 0 Å². The molecule has 0 aliphatic heterocycles. The van der Waals surface area contributed by atoms with Crippen LogP contribution in [0.5, 0.6) is 0 Å². The first kappa shape index (κ1) is 25.0. The molecule has 0 unspecified atom stereocenters. The average Bonchev–Trinajstić information content (AvgIpc) is 2.83. The number of halogens is 2. The molecule has 0 saturated carbocycles. The van der Waals surface area contributed by atoms with E-state index in [1.807, 2.05) is 42.5 Å². The van der Waals surface area contributed by atoms with Gasteiger partial charge in [-0.25, -0.2) is 15.7 Å². The summed E-state index contributed by atoms with van der Waals surface area (Å²) in [5, 5.41) is 14.8. The minimum absolute atomic E-state index is 0.0452. The molecule has 0 aliphatic rings. The summed E-state index contributed by atoms with van der Waals surface area (Å²) in [6.45, 7) is -0.0452. The Hall–Kier alpha value is -3.66. The number of rotatable bonds is 9. The van der Waals surface area contributed by atoms with Gasteiger partial charge in [0.05, 0.1) is 24.0 Å². The first-order chi connectivity index (χ1) is 16.3. The van der Waals surface area contributed by atoms with Crippen molar-refractivity contribution in [3.63, 3.8) is 0 Å². The van der Waals surface area contributed by atoms with Crippen LogP contribution in [0.25, 0.3) is 10.8 Å². The van der Waals surface area contributed by atoms with Crippen LogP contribution in [-0.2, 0) is 11.2 Å². The van der Waals surface area contributed by atoms with Crippen molar-refractivity contribution in [2.24, 2.45) is 11.6 Å².